The Labute approximate surface area is 147 Å². The fraction of sp³-hybridized carbons (Fsp3) is 0.571. The van der Waals surface area contributed by atoms with Crippen LogP contribution in [0.3, 0.4) is 0 Å². The number of sulfonamides is 1. The molecule has 0 amide bonds. The maximum absolute atomic E-state index is 12.9. The molecule has 0 aromatic heterocycles. The van der Waals surface area contributed by atoms with Gasteiger partial charge in [0.15, 0.2) is 0 Å². The summed E-state index contributed by atoms with van der Waals surface area (Å²) in [5.74, 6) is 0.168. The number of hydrogen-bond donors (Lipinski definition) is 1. The summed E-state index contributed by atoms with van der Waals surface area (Å²) in [6, 6.07) is 3.46. The molecule has 1 heterocycles. The average Bonchev–Trinajstić information content (AvgIpc) is 2.54. The number of ether oxygens (including phenoxy) is 1. The second-order valence-corrected chi connectivity index (χ2v) is 7.62. The molecule has 0 spiro atoms. The Morgan fingerprint density at radius 1 is 1.46 bits per heavy atom. The van der Waals surface area contributed by atoms with Gasteiger partial charge in [0.05, 0.1) is 12.0 Å². The summed E-state index contributed by atoms with van der Waals surface area (Å²) in [6.07, 6.45) is 1.58. The monoisotopic (exact) mass is 379 g/mol. The van der Waals surface area contributed by atoms with Crippen molar-refractivity contribution in [1.29, 1.82) is 0 Å². The first-order chi connectivity index (χ1) is 10.8. The third-order valence-corrected chi connectivity index (χ3v) is 6.03. The Morgan fingerprint density at radius 3 is 2.67 bits per heavy atom. The number of nitrogens with zero attached hydrogens (tertiary/aromatic N) is 2. The lowest BCUT2D eigenvalue weighted by Crippen LogP contribution is -2.45. The SMILES string of the molecule is COc1ccc([N+](=O)[O-])cc1S(=O)(=O)N1CCCC(C(C)N)C1.Cl. The first kappa shape index (κ1) is 20.6. The third-order valence-electron chi connectivity index (χ3n) is 4.14. The van der Waals surface area contributed by atoms with Gasteiger partial charge in [0.2, 0.25) is 10.0 Å². The molecule has 136 valence electrons. The average molecular weight is 380 g/mol. The van der Waals surface area contributed by atoms with Gasteiger partial charge in [-0.25, -0.2) is 8.42 Å². The van der Waals surface area contributed by atoms with E-state index >= 15 is 0 Å². The number of rotatable bonds is 5. The Balaban J connectivity index is 0.00000288. The standard InChI is InChI=1S/C14H21N3O5S.ClH/c1-10(15)11-4-3-7-16(9-11)23(20,21)14-8-12(17(18)19)5-6-13(14)22-2;/h5-6,8,10-11H,3-4,7,9,15H2,1-2H3;1H. The highest BCUT2D eigenvalue weighted by Crippen LogP contribution is 2.32. The molecule has 1 aromatic rings. The molecule has 1 aromatic carbocycles. The van der Waals surface area contributed by atoms with E-state index in [0.29, 0.717) is 19.5 Å². The molecule has 0 aliphatic carbocycles. The number of halogens is 1. The van der Waals surface area contributed by atoms with Crippen LogP contribution >= 0.6 is 12.4 Å². The van der Waals surface area contributed by atoms with E-state index in [4.69, 9.17) is 10.5 Å². The van der Waals surface area contributed by atoms with E-state index in [1.54, 1.807) is 0 Å². The molecule has 10 heteroatoms. The minimum Gasteiger partial charge on any atom is -0.495 e. The van der Waals surface area contributed by atoms with E-state index in [9.17, 15) is 18.5 Å². The summed E-state index contributed by atoms with van der Waals surface area (Å²) < 4.78 is 32.2. The second-order valence-electron chi connectivity index (χ2n) is 5.72. The van der Waals surface area contributed by atoms with Crippen molar-refractivity contribution in [3.8, 4) is 5.75 Å². The first-order valence-corrected chi connectivity index (χ1v) is 8.79. The van der Waals surface area contributed by atoms with Crippen LogP contribution in [0.4, 0.5) is 5.69 Å². The van der Waals surface area contributed by atoms with Gasteiger partial charge in [-0.15, -0.1) is 12.4 Å². The predicted octanol–water partition coefficient (Wildman–Crippen LogP) is 1.77. The smallest absolute Gasteiger partial charge is 0.271 e. The molecule has 0 radical (unpaired) electrons. The first-order valence-electron chi connectivity index (χ1n) is 7.35. The lowest BCUT2D eigenvalue weighted by atomic mass is 9.93. The van der Waals surface area contributed by atoms with Gasteiger partial charge >= 0.3 is 0 Å². The molecule has 0 bridgehead atoms. The Hall–Kier alpha value is -1.42. The molecule has 24 heavy (non-hydrogen) atoms. The number of hydrogen-bond acceptors (Lipinski definition) is 6. The summed E-state index contributed by atoms with van der Waals surface area (Å²) in [6.45, 7) is 2.54. The van der Waals surface area contributed by atoms with Crippen molar-refractivity contribution in [2.75, 3.05) is 20.2 Å². The summed E-state index contributed by atoms with van der Waals surface area (Å²) in [5.41, 5.74) is 5.61. The largest absolute Gasteiger partial charge is 0.495 e. The number of non-ortho nitro benzene ring substituents is 1. The summed E-state index contributed by atoms with van der Waals surface area (Å²) in [7, 11) is -2.54. The van der Waals surface area contributed by atoms with Crippen LogP contribution in [-0.2, 0) is 10.0 Å². The maximum atomic E-state index is 12.9. The quantitative estimate of drug-likeness (QED) is 0.615. The van der Waals surface area contributed by atoms with Crippen molar-refractivity contribution in [2.24, 2.45) is 11.7 Å². The molecule has 8 nitrogen and oxygen atoms in total. The van der Waals surface area contributed by atoms with Crippen LogP contribution in [0, 0.1) is 16.0 Å². The van der Waals surface area contributed by atoms with Gasteiger partial charge in [0, 0.05) is 31.3 Å². The molecule has 1 saturated heterocycles. The zero-order valence-electron chi connectivity index (χ0n) is 13.5. The second kappa shape index (κ2) is 8.11. The third kappa shape index (κ3) is 4.15. The van der Waals surface area contributed by atoms with Gasteiger partial charge in [-0.2, -0.15) is 4.31 Å². The molecule has 2 rings (SSSR count). The molecule has 1 fully saturated rings. The van der Waals surface area contributed by atoms with Gasteiger partial charge < -0.3 is 10.5 Å². The molecule has 1 aliphatic heterocycles. The molecular formula is C14H22ClN3O5S. The summed E-state index contributed by atoms with van der Waals surface area (Å²) >= 11 is 0. The molecule has 2 N–H and O–H groups in total. The zero-order valence-corrected chi connectivity index (χ0v) is 15.2. The molecule has 0 saturated carbocycles. The van der Waals surface area contributed by atoms with Gasteiger partial charge in [-0.1, -0.05) is 0 Å². The van der Waals surface area contributed by atoms with Crippen LogP contribution in [0.25, 0.3) is 0 Å². The van der Waals surface area contributed by atoms with E-state index in [1.807, 2.05) is 6.92 Å². The number of benzene rings is 1. The van der Waals surface area contributed by atoms with Gasteiger partial charge in [-0.05, 0) is 31.7 Å². The Bertz CT molecular complexity index is 696. The van der Waals surface area contributed by atoms with Crippen molar-refractivity contribution in [3.05, 3.63) is 28.3 Å². The van der Waals surface area contributed by atoms with E-state index in [1.165, 1.54) is 23.5 Å². The summed E-state index contributed by atoms with van der Waals surface area (Å²) in [5, 5.41) is 10.9. The minimum absolute atomic E-state index is 0. The minimum atomic E-state index is -3.88. The van der Waals surface area contributed by atoms with Crippen LogP contribution in [0.5, 0.6) is 5.75 Å². The normalized spacial score (nSPS) is 20.0. The molecular weight excluding hydrogens is 358 g/mol. The Kier molecular flexibility index (Phi) is 6.97. The van der Waals surface area contributed by atoms with Gasteiger partial charge in [0.25, 0.3) is 5.69 Å². The molecule has 2 unspecified atom stereocenters. The van der Waals surface area contributed by atoms with Crippen molar-refractivity contribution < 1.29 is 18.1 Å². The van der Waals surface area contributed by atoms with E-state index in [-0.39, 0.29) is 40.7 Å². The van der Waals surface area contributed by atoms with Crippen LogP contribution in [0.1, 0.15) is 19.8 Å². The fourth-order valence-electron chi connectivity index (χ4n) is 2.74. The lowest BCUT2D eigenvalue weighted by Gasteiger charge is -2.33. The van der Waals surface area contributed by atoms with Gasteiger partial charge in [-0.3, -0.25) is 10.1 Å². The van der Waals surface area contributed by atoms with Crippen molar-refractivity contribution in [2.45, 2.75) is 30.7 Å². The maximum Gasteiger partial charge on any atom is 0.271 e. The van der Waals surface area contributed by atoms with Crippen LogP contribution in [-0.4, -0.2) is 43.9 Å². The lowest BCUT2D eigenvalue weighted by molar-refractivity contribution is -0.385. The highest BCUT2D eigenvalue weighted by Gasteiger charge is 2.34. The summed E-state index contributed by atoms with van der Waals surface area (Å²) in [4.78, 5) is 10.1. The topological polar surface area (TPSA) is 116 Å². The van der Waals surface area contributed by atoms with E-state index < -0.39 is 14.9 Å². The number of nitro benzene ring substituents is 1. The highest BCUT2D eigenvalue weighted by molar-refractivity contribution is 7.89. The van der Waals surface area contributed by atoms with Crippen molar-refractivity contribution >= 4 is 28.1 Å². The number of piperidine rings is 1. The van der Waals surface area contributed by atoms with Crippen LogP contribution < -0.4 is 10.5 Å². The molecule has 1 aliphatic rings. The highest BCUT2D eigenvalue weighted by atomic mass is 35.5. The van der Waals surface area contributed by atoms with Crippen molar-refractivity contribution in [3.63, 3.8) is 0 Å². The van der Waals surface area contributed by atoms with E-state index in [2.05, 4.69) is 0 Å². The number of nitrogens with two attached hydrogens (primary N) is 1. The van der Waals surface area contributed by atoms with Crippen molar-refractivity contribution in [1.82, 2.24) is 4.31 Å². The van der Waals surface area contributed by atoms with E-state index in [0.717, 1.165) is 12.5 Å². The van der Waals surface area contributed by atoms with Gasteiger partial charge in [0.1, 0.15) is 10.6 Å². The zero-order chi connectivity index (χ0) is 17.2. The molecule has 2 atom stereocenters. The number of nitro groups is 1. The van der Waals surface area contributed by atoms with Crippen LogP contribution in [0.2, 0.25) is 0 Å². The predicted molar refractivity (Wildman–Crippen MR) is 92.0 cm³/mol. The Morgan fingerprint density at radius 2 is 2.12 bits per heavy atom. The number of methoxy groups -OCH3 is 1. The fourth-order valence-corrected chi connectivity index (χ4v) is 4.45. The van der Waals surface area contributed by atoms with Crippen LogP contribution in [0.15, 0.2) is 23.1 Å².